The Morgan fingerprint density at radius 1 is 1.21 bits per heavy atom. The monoisotopic (exact) mass is 411 g/mol. The number of hydrogen-bond acceptors (Lipinski definition) is 3. The molecule has 5 nitrogen and oxygen atoms in total. The zero-order chi connectivity index (χ0) is 17.5. The molecule has 2 rings (SSSR count). The Morgan fingerprint density at radius 2 is 1.92 bits per heavy atom. The topological polar surface area (TPSA) is 75.6 Å². The Morgan fingerprint density at radius 3 is 2.54 bits per heavy atom. The summed E-state index contributed by atoms with van der Waals surface area (Å²) in [6.45, 7) is 0.0731. The summed E-state index contributed by atoms with van der Waals surface area (Å²) in [5.41, 5.74) is 1.54. The van der Waals surface area contributed by atoms with Crippen LogP contribution in [0.1, 0.15) is 11.1 Å². The first kappa shape index (κ1) is 18.3. The molecule has 7 heteroatoms. The maximum Gasteiger partial charge on any atom is 0.408 e. The highest BCUT2D eigenvalue weighted by molar-refractivity contribution is 9.10. The van der Waals surface area contributed by atoms with Crippen molar-refractivity contribution in [1.29, 1.82) is 0 Å². The van der Waals surface area contributed by atoms with Crippen LogP contribution in [0.5, 0.6) is 0 Å². The van der Waals surface area contributed by atoms with E-state index in [1.807, 2.05) is 30.3 Å². The van der Waals surface area contributed by atoms with Crippen molar-refractivity contribution in [2.75, 3.05) is 0 Å². The van der Waals surface area contributed by atoms with E-state index in [2.05, 4.69) is 21.2 Å². The van der Waals surface area contributed by atoms with Gasteiger partial charge in [-0.15, -0.1) is 0 Å². The van der Waals surface area contributed by atoms with Crippen LogP contribution in [0.4, 0.5) is 4.79 Å². The third-order valence-electron chi connectivity index (χ3n) is 3.24. The summed E-state index contributed by atoms with van der Waals surface area (Å²) < 4.78 is 5.73. The van der Waals surface area contributed by atoms with Crippen LogP contribution in [-0.2, 0) is 22.6 Å². The number of rotatable bonds is 6. The molecule has 2 aromatic carbocycles. The van der Waals surface area contributed by atoms with Crippen LogP contribution in [0.3, 0.4) is 0 Å². The largest absolute Gasteiger partial charge is 0.480 e. The Bertz CT molecular complexity index is 724. The number of hydrogen-bond donors (Lipinski definition) is 2. The normalized spacial score (nSPS) is 11.6. The second kappa shape index (κ2) is 8.70. The molecule has 1 amide bonds. The van der Waals surface area contributed by atoms with Gasteiger partial charge in [0.2, 0.25) is 0 Å². The van der Waals surface area contributed by atoms with E-state index in [1.54, 1.807) is 18.2 Å². The van der Waals surface area contributed by atoms with Crippen molar-refractivity contribution < 1.29 is 19.4 Å². The summed E-state index contributed by atoms with van der Waals surface area (Å²) in [4.78, 5) is 23.2. The molecule has 0 heterocycles. The molecule has 0 aliphatic carbocycles. The molecule has 0 spiro atoms. The highest BCUT2D eigenvalue weighted by Gasteiger charge is 2.22. The molecule has 126 valence electrons. The van der Waals surface area contributed by atoms with Gasteiger partial charge in [-0.05, 0) is 23.3 Å². The SMILES string of the molecule is O=C(NC(Cc1ccc(Cl)cc1Br)C(=O)O)OCc1ccccc1. The number of carboxylic acids is 1. The van der Waals surface area contributed by atoms with Crippen molar-refractivity contribution in [2.24, 2.45) is 0 Å². The zero-order valence-electron chi connectivity index (χ0n) is 12.5. The van der Waals surface area contributed by atoms with Crippen LogP contribution < -0.4 is 5.32 Å². The molecule has 0 radical (unpaired) electrons. The molecule has 2 aromatic rings. The van der Waals surface area contributed by atoms with Gasteiger partial charge in [-0.25, -0.2) is 9.59 Å². The minimum absolute atomic E-state index is 0.0731. The first-order valence-electron chi connectivity index (χ1n) is 7.09. The predicted molar refractivity (Wildman–Crippen MR) is 94.0 cm³/mol. The summed E-state index contributed by atoms with van der Waals surface area (Å²) in [6, 6.07) is 13.1. The van der Waals surface area contributed by atoms with Crippen LogP contribution >= 0.6 is 27.5 Å². The number of aliphatic carboxylic acids is 1. The molecule has 1 unspecified atom stereocenters. The summed E-state index contributed by atoms with van der Waals surface area (Å²) in [5, 5.41) is 12.2. The third-order valence-corrected chi connectivity index (χ3v) is 4.22. The van der Waals surface area contributed by atoms with Gasteiger partial charge in [0.1, 0.15) is 12.6 Å². The van der Waals surface area contributed by atoms with Gasteiger partial charge in [0.25, 0.3) is 0 Å². The third kappa shape index (κ3) is 5.54. The van der Waals surface area contributed by atoms with Gasteiger partial charge in [0.05, 0.1) is 0 Å². The lowest BCUT2D eigenvalue weighted by Gasteiger charge is -2.15. The maximum absolute atomic E-state index is 11.8. The van der Waals surface area contributed by atoms with Crippen LogP contribution in [-0.4, -0.2) is 23.2 Å². The maximum atomic E-state index is 11.8. The number of carbonyl (C=O) groups excluding carboxylic acids is 1. The van der Waals surface area contributed by atoms with Crippen LogP contribution in [0.25, 0.3) is 0 Å². The average Bonchev–Trinajstić information content (AvgIpc) is 2.55. The lowest BCUT2D eigenvalue weighted by Crippen LogP contribution is -2.42. The van der Waals surface area contributed by atoms with E-state index in [4.69, 9.17) is 16.3 Å². The number of nitrogens with one attached hydrogen (secondary N) is 1. The van der Waals surface area contributed by atoms with Gasteiger partial charge < -0.3 is 15.2 Å². The molecule has 0 aliphatic rings. The molecule has 0 bridgehead atoms. The standard InChI is InChI=1S/C17H15BrClNO4/c18-14-9-13(19)7-6-12(14)8-15(16(21)22)20-17(23)24-10-11-4-2-1-3-5-11/h1-7,9,15H,8,10H2,(H,20,23)(H,21,22). The smallest absolute Gasteiger partial charge is 0.408 e. The molecule has 2 N–H and O–H groups in total. The highest BCUT2D eigenvalue weighted by atomic mass is 79.9. The average molecular weight is 413 g/mol. The van der Waals surface area contributed by atoms with E-state index < -0.39 is 18.1 Å². The number of amides is 1. The minimum Gasteiger partial charge on any atom is -0.480 e. The van der Waals surface area contributed by atoms with Gasteiger partial charge in [-0.3, -0.25) is 0 Å². The summed E-state index contributed by atoms with van der Waals surface area (Å²) in [5.74, 6) is -1.14. The fourth-order valence-corrected chi connectivity index (χ4v) is 2.86. The summed E-state index contributed by atoms with van der Waals surface area (Å²) in [6.07, 6.45) is -0.676. The number of benzene rings is 2. The van der Waals surface area contributed by atoms with Gasteiger partial charge >= 0.3 is 12.1 Å². The lowest BCUT2D eigenvalue weighted by molar-refractivity contribution is -0.139. The molecule has 0 saturated heterocycles. The van der Waals surface area contributed by atoms with E-state index in [9.17, 15) is 14.7 Å². The molecule has 0 saturated carbocycles. The highest BCUT2D eigenvalue weighted by Crippen LogP contribution is 2.22. The number of alkyl carbamates (subject to hydrolysis) is 1. The van der Waals surface area contributed by atoms with E-state index in [0.29, 0.717) is 9.50 Å². The van der Waals surface area contributed by atoms with E-state index >= 15 is 0 Å². The molecule has 0 aliphatic heterocycles. The zero-order valence-corrected chi connectivity index (χ0v) is 14.9. The lowest BCUT2D eigenvalue weighted by atomic mass is 10.1. The number of carbonyl (C=O) groups is 2. The second-order valence-corrected chi connectivity index (χ2v) is 6.33. The molecule has 1 atom stereocenters. The predicted octanol–water partition coefficient (Wildman–Crippen LogP) is 4.02. The van der Waals surface area contributed by atoms with Crippen LogP contribution in [0, 0.1) is 0 Å². The summed E-state index contributed by atoms with van der Waals surface area (Å²) in [7, 11) is 0. The first-order valence-corrected chi connectivity index (χ1v) is 8.27. The van der Waals surface area contributed by atoms with Crippen molar-refractivity contribution in [3.63, 3.8) is 0 Å². The van der Waals surface area contributed by atoms with Crippen molar-refractivity contribution >= 4 is 39.6 Å². The Labute approximate surface area is 152 Å². The number of halogens is 2. The van der Waals surface area contributed by atoms with E-state index in [-0.39, 0.29) is 13.0 Å². The van der Waals surface area contributed by atoms with Crippen LogP contribution in [0.2, 0.25) is 5.02 Å². The fraction of sp³-hybridized carbons (Fsp3) is 0.176. The number of ether oxygens (including phenoxy) is 1. The fourth-order valence-electron chi connectivity index (χ4n) is 2.01. The first-order chi connectivity index (χ1) is 11.5. The van der Waals surface area contributed by atoms with Crippen LogP contribution in [0.15, 0.2) is 53.0 Å². The Balaban J connectivity index is 1.95. The van der Waals surface area contributed by atoms with Gasteiger partial charge in [-0.1, -0.05) is 63.9 Å². The van der Waals surface area contributed by atoms with Crippen molar-refractivity contribution in [1.82, 2.24) is 5.32 Å². The van der Waals surface area contributed by atoms with Crippen molar-refractivity contribution in [3.05, 3.63) is 69.2 Å². The second-order valence-electron chi connectivity index (χ2n) is 5.04. The molecule has 0 aromatic heterocycles. The van der Waals surface area contributed by atoms with Gasteiger partial charge in [-0.2, -0.15) is 0 Å². The summed E-state index contributed by atoms with van der Waals surface area (Å²) >= 11 is 9.19. The quantitative estimate of drug-likeness (QED) is 0.751. The van der Waals surface area contributed by atoms with Gasteiger partial charge in [0.15, 0.2) is 0 Å². The minimum atomic E-state index is -1.14. The van der Waals surface area contributed by atoms with E-state index in [1.165, 1.54) is 0 Å². The molecular formula is C17H15BrClNO4. The van der Waals surface area contributed by atoms with Crippen molar-refractivity contribution in [2.45, 2.75) is 19.1 Å². The Kier molecular flexibility index (Phi) is 6.63. The molecule has 0 fully saturated rings. The molecule has 24 heavy (non-hydrogen) atoms. The van der Waals surface area contributed by atoms with Crippen molar-refractivity contribution in [3.8, 4) is 0 Å². The molecular weight excluding hydrogens is 398 g/mol. The number of carboxylic acid groups (broad SMARTS) is 1. The Hall–Kier alpha value is -2.05. The van der Waals surface area contributed by atoms with E-state index in [0.717, 1.165) is 11.1 Å². The van der Waals surface area contributed by atoms with Gasteiger partial charge in [0, 0.05) is 15.9 Å².